The van der Waals surface area contributed by atoms with E-state index >= 15 is 0 Å². The fraction of sp³-hybridized carbons (Fsp3) is 0.357. The summed E-state index contributed by atoms with van der Waals surface area (Å²) in [5, 5.41) is 10.9. The van der Waals surface area contributed by atoms with Gasteiger partial charge in [0.1, 0.15) is 6.04 Å². The van der Waals surface area contributed by atoms with Gasteiger partial charge in [-0.15, -0.1) is 10.6 Å². The zero-order valence-corrected chi connectivity index (χ0v) is 22.4. The molecule has 1 aromatic carbocycles. The molecule has 1 aromatic rings. The van der Waals surface area contributed by atoms with Gasteiger partial charge >= 0.3 is 6.56 Å². The Hall–Kier alpha value is 0.385. The highest BCUT2D eigenvalue weighted by Crippen LogP contribution is 2.53. The van der Waals surface area contributed by atoms with E-state index < -0.39 is 6.04 Å². The molecule has 7 nitrogen and oxygen atoms in total. The predicted molar refractivity (Wildman–Crippen MR) is 143 cm³/mol. The highest BCUT2D eigenvalue weighted by molar-refractivity contribution is 9.46. The summed E-state index contributed by atoms with van der Waals surface area (Å²) in [4.78, 5) is 38.0. The molecule has 1 aliphatic heterocycles. The van der Waals surface area contributed by atoms with Crippen molar-refractivity contribution in [1.29, 1.82) is 0 Å². The van der Waals surface area contributed by atoms with Crippen LogP contribution in [0.5, 0.6) is 0 Å². The maximum atomic E-state index is 12.8. The molecule has 0 bridgehead atoms. The van der Waals surface area contributed by atoms with Crippen molar-refractivity contribution in [1.82, 2.24) is 10.2 Å². The molecule has 17 heteroatoms. The number of nitrogens with one attached hydrogen (secondary N) is 2. The molecule has 0 aliphatic carbocycles. The number of amides is 3. The zero-order chi connectivity index (χ0) is 22.6. The lowest BCUT2D eigenvalue weighted by atomic mass is 10.1. The molecule has 1 aliphatic rings. The van der Waals surface area contributed by atoms with Gasteiger partial charge in [-0.05, 0) is 71.5 Å². The topological polar surface area (TPSA) is 105 Å². The summed E-state index contributed by atoms with van der Waals surface area (Å²) in [6, 6.07) is 3.83. The molecule has 3 amide bonds. The molecular weight excluding hydrogens is 559 g/mol. The SMILES string of the molecule is Cc1ccc(SF)cc1NC(=O)C1CC(NC(=O)[B]SSSSSSSN)CN1C=O. The largest absolute Gasteiger partial charge is 0.360 e. The first-order valence-corrected chi connectivity index (χ1v) is 18.0. The number of nitrogens with two attached hydrogens (primary N) is 1. The molecule has 1 fully saturated rings. The fourth-order valence-corrected chi connectivity index (χ4v) is 14.7. The Balaban J connectivity index is 1.80. The average Bonchev–Trinajstić information content (AvgIpc) is 3.17. The summed E-state index contributed by atoms with van der Waals surface area (Å²) >= 11 is 0.0925. The second-order valence-corrected chi connectivity index (χ2v) is 17.2. The minimum absolute atomic E-state index is 0.0925. The van der Waals surface area contributed by atoms with E-state index in [-0.39, 0.29) is 36.4 Å². The van der Waals surface area contributed by atoms with Crippen LogP contribution in [0.3, 0.4) is 0 Å². The molecule has 2 atom stereocenters. The van der Waals surface area contributed by atoms with Gasteiger partial charge in [0, 0.05) is 42.8 Å². The van der Waals surface area contributed by atoms with E-state index in [0.717, 1.165) is 5.56 Å². The smallest absolute Gasteiger partial charge is 0.325 e. The molecule has 4 N–H and O–H groups in total. The quantitative estimate of drug-likeness (QED) is 0.0931. The number of likely N-dealkylation sites (tertiary alicyclic amines) is 1. The van der Waals surface area contributed by atoms with Crippen molar-refractivity contribution in [3.8, 4) is 0 Å². The second-order valence-electron chi connectivity index (χ2n) is 5.95. The summed E-state index contributed by atoms with van der Waals surface area (Å²) in [7, 11) is 9.97. The maximum absolute atomic E-state index is 12.8. The van der Waals surface area contributed by atoms with E-state index in [2.05, 4.69) is 10.6 Å². The number of benzene rings is 1. The van der Waals surface area contributed by atoms with E-state index in [1.54, 1.807) is 34.9 Å². The van der Waals surface area contributed by atoms with Crippen molar-refractivity contribution in [2.45, 2.75) is 30.3 Å². The van der Waals surface area contributed by atoms with Crippen molar-refractivity contribution in [2.24, 2.45) is 5.14 Å². The lowest BCUT2D eigenvalue weighted by Gasteiger charge is -2.19. The average molecular weight is 576 g/mol. The summed E-state index contributed by atoms with van der Waals surface area (Å²) < 4.78 is 12.8. The van der Waals surface area contributed by atoms with E-state index in [9.17, 15) is 18.3 Å². The number of carbonyl (C=O) groups is 3. The van der Waals surface area contributed by atoms with Gasteiger partial charge in [0.05, 0.1) is 12.1 Å². The second kappa shape index (κ2) is 15.3. The van der Waals surface area contributed by atoms with Gasteiger partial charge in [-0.25, -0.2) is 0 Å². The minimum atomic E-state index is -0.715. The molecule has 0 aromatic heterocycles. The molecule has 2 unspecified atom stereocenters. The van der Waals surface area contributed by atoms with Crippen LogP contribution in [-0.2, 0) is 9.59 Å². The number of rotatable bonds is 13. The summed E-state index contributed by atoms with van der Waals surface area (Å²) in [5.41, 5.74) is 1.27. The van der Waals surface area contributed by atoms with Crippen molar-refractivity contribution in [3.63, 3.8) is 0 Å². The number of anilines is 1. The number of hydrogen-bond acceptors (Lipinski definition) is 12. The van der Waals surface area contributed by atoms with E-state index in [0.29, 0.717) is 23.4 Å². The first kappa shape index (κ1) is 27.6. The van der Waals surface area contributed by atoms with Gasteiger partial charge in [-0.3, -0.25) is 19.5 Å². The normalized spacial score (nSPS) is 18.0. The molecule has 0 spiro atoms. The zero-order valence-electron chi connectivity index (χ0n) is 15.8. The maximum Gasteiger partial charge on any atom is 0.325 e. The third-order valence-electron chi connectivity index (χ3n) is 4.02. The highest BCUT2D eigenvalue weighted by Gasteiger charge is 2.37. The third-order valence-corrected chi connectivity index (χ3v) is 16.0. The first-order valence-electron chi connectivity index (χ1n) is 8.39. The highest BCUT2D eigenvalue weighted by atomic mass is 33.9. The molecule has 2 rings (SSSR count). The Labute approximate surface area is 211 Å². The Bertz CT molecular complexity index is 770. The van der Waals surface area contributed by atoms with E-state index in [1.807, 2.05) is 0 Å². The van der Waals surface area contributed by atoms with Crippen LogP contribution in [0.4, 0.5) is 14.4 Å². The van der Waals surface area contributed by atoms with Gasteiger partial charge in [0.2, 0.25) is 12.3 Å². The fourth-order valence-electron chi connectivity index (χ4n) is 2.70. The predicted octanol–water partition coefficient (Wildman–Crippen LogP) is 5.33. The lowest BCUT2D eigenvalue weighted by molar-refractivity contribution is -0.127. The van der Waals surface area contributed by atoms with Crippen LogP contribution in [-0.4, -0.2) is 48.2 Å². The van der Waals surface area contributed by atoms with Crippen molar-refractivity contribution >= 4 is 113 Å². The van der Waals surface area contributed by atoms with Crippen LogP contribution in [0.15, 0.2) is 23.1 Å². The molecule has 1 heterocycles. The summed E-state index contributed by atoms with van der Waals surface area (Å²) in [6.45, 7) is 3.50. The van der Waals surface area contributed by atoms with E-state index in [1.165, 1.54) is 72.4 Å². The van der Waals surface area contributed by atoms with Crippen molar-refractivity contribution in [3.05, 3.63) is 23.8 Å². The summed E-state index contributed by atoms with van der Waals surface area (Å²) in [5.74, 6) is -0.649. The molecule has 1 saturated heterocycles. The Morgan fingerprint density at radius 2 is 2.00 bits per heavy atom. The van der Waals surface area contributed by atoms with Crippen LogP contribution < -0.4 is 15.8 Å². The lowest BCUT2D eigenvalue weighted by Crippen LogP contribution is -2.39. The van der Waals surface area contributed by atoms with Crippen molar-refractivity contribution in [2.75, 3.05) is 11.9 Å². The molecule has 31 heavy (non-hydrogen) atoms. The Morgan fingerprint density at radius 3 is 2.71 bits per heavy atom. The molecular formula is C14H17BFN4O3S8. The van der Waals surface area contributed by atoms with E-state index in [4.69, 9.17) is 5.14 Å². The summed E-state index contributed by atoms with van der Waals surface area (Å²) in [6.07, 6.45) is 0.905. The van der Waals surface area contributed by atoms with Crippen LogP contribution in [0.25, 0.3) is 0 Å². The van der Waals surface area contributed by atoms with Crippen LogP contribution >= 0.6 is 82.9 Å². The third kappa shape index (κ3) is 9.64. The van der Waals surface area contributed by atoms with Gasteiger partial charge in [-0.1, -0.05) is 6.07 Å². The van der Waals surface area contributed by atoms with Crippen LogP contribution in [0, 0.1) is 6.92 Å². The van der Waals surface area contributed by atoms with Crippen LogP contribution in [0.1, 0.15) is 12.0 Å². The molecule has 1 radical (unpaired) electrons. The van der Waals surface area contributed by atoms with Gasteiger partial charge in [0.15, 0.2) is 5.81 Å². The number of carbonyl (C=O) groups excluding carboxylic acids is 3. The Kier molecular flexibility index (Phi) is 13.7. The molecule has 0 saturated carbocycles. The number of halogens is 1. The van der Waals surface area contributed by atoms with Gasteiger partial charge in [0.25, 0.3) is 0 Å². The monoisotopic (exact) mass is 575 g/mol. The Morgan fingerprint density at radius 1 is 1.26 bits per heavy atom. The number of hydrogen-bond donors (Lipinski definition) is 3. The van der Waals surface area contributed by atoms with Crippen LogP contribution in [0.2, 0.25) is 0 Å². The molecule has 169 valence electrons. The van der Waals surface area contributed by atoms with Gasteiger partial charge < -0.3 is 15.5 Å². The minimum Gasteiger partial charge on any atom is -0.360 e. The number of aryl methyl sites for hydroxylation is 1. The van der Waals surface area contributed by atoms with Gasteiger partial charge in [-0.2, -0.15) is 3.89 Å². The van der Waals surface area contributed by atoms with Crippen molar-refractivity contribution < 1.29 is 18.3 Å². The standard InChI is InChI=1S/C14H17BFN4O3S8/c1-8-2-3-10(24-16)5-11(8)19-13(22)12-4-9(6-20(12)7-21)18-14(23)15-25-27-29-31-30-28-26-17/h2-3,5,7,9,12H,4,6,17H2,1H3,(H,18,23)(H,19,22). The first-order chi connectivity index (χ1) is 15.0. The number of nitrogens with zero attached hydrogens (tertiary/aromatic N) is 1.